The molecule has 7 nitrogen and oxygen atoms in total. The third kappa shape index (κ3) is 4.26. The molecule has 2 aromatic heterocycles. The molecule has 0 saturated carbocycles. The Labute approximate surface area is 227 Å². The smallest absolute Gasteiger partial charge is 0.343 e. The number of fused-ring (bicyclic) bond motifs is 5. The fourth-order valence-corrected chi connectivity index (χ4v) is 5.87. The number of ether oxygens (including phenoxy) is 1. The molecule has 0 saturated heterocycles. The Bertz CT molecular complexity index is 1640. The number of aromatic nitrogens is 2. The van der Waals surface area contributed by atoms with Gasteiger partial charge >= 0.3 is 5.97 Å². The Balaban J connectivity index is 1.38. The first-order chi connectivity index (χ1) is 18.8. The molecular formula is C32H33N3O4. The maximum Gasteiger partial charge on any atom is 0.343 e. The summed E-state index contributed by atoms with van der Waals surface area (Å²) < 4.78 is 6.87. The molecule has 6 rings (SSSR count). The van der Waals surface area contributed by atoms with E-state index >= 15 is 0 Å². The summed E-state index contributed by atoms with van der Waals surface area (Å²) in [6, 6.07) is 21.1. The van der Waals surface area contributed by atoms with Crippen molar-refractivity contribution in [2.45, 2.75) is 65.0 Å². The Kier molecular flexibility index (Phi) is 6.36. The van der Waals surface area contributed by atoms with Gasteiger partial charge in [-0.3, -0.25) is 9.69 Å². The van der Waals surface area contributed by atoms with Gasteiger partial charge in [0.15, 0.2) is 5.60 Å². The number of aliphatic hydroxyl groups is 1. The van der Waals surface area contributed by atoms with Crippen LogP contribution in [0.5, 0.6) is 0 Å². The molecule has 4 heterocycles. The molecule has 1 atom stereocenters. The SMILES string of the molecule is CC[C@@]1(O)C(=O)OCc2c1cc1n(c2=O)Cc2cc3cccc(CCN(Cc4ccccc4)C(C)C)c3nc2-1. The fourth-order valence-electron chi connectivity index (χ4n) is 5.87. The predicted molar refractivity (Wildman–Crippen MR) is 150 cm³/mol. The van der Waals surface area contributed by atoms with Gasteiger partial charge in [-0.05, 0) is 49.9 Å². The molecule has 0 bridgehead atoms. The molecule has 0 amide bonds. The van der Waals surface area contributed by atoms with E-state index in [-0.39, 0.29) is 18.6 Å². The molecule has 7 heteroatoms. The molecule has 200 valence electrons. The summed E-state index contributed by atoms with van der Waals surface area (Å²) in [5.41, 5.74) is 4.31. The highest BCUT2D eigenvalue weighted by Gasteiger charge is 2.45. The number of para-hydroxylation sites is 1. The summed E-state index contributed by atoms with van der Waals surface area (Å²) in [6.07, 6.45) is 0.964. The molecule has 0 unspecified atom stereocenters. The first kappa shape index (κ1) is 25.5. The molecule has 0 radical (unpaired) electrons. The van der Waals surface area contributed by atoms with Gasteiger partial charge in [-0.1, -0.05) is 55.5 Å². The van der Waals surface area contributed by atoms with Crippen molar-refractivity contribution in [1.29, 1.82) is 0 Å². The van der Waals surface area contributed by atoms with Crippen molar-refractivity contribution in [3.8, 4) is 11.4 Å². The summed E-state index contributed by atoms with van der Waals surface area (Å²) in [6.45, 7) is 8.21. The van der Waals surface area contributed by atoms with Crippen LogP contribution in [-0.2, 0) is 41.2 Å². The highest BCUT2D eigenvalue weighted by atomic mass is 16.6. The molecule has 1 N–H and O–H groups in total. The van der Waals surface area contributed by atoms with E-state index in [1.807, 2.05) is 6.07 Å². The number of rotatable bonds is 7. The molecule has 2 aromatic carbocycles. The molecule has 2 aliphatic rings. The first-order valence-electron chi connectivity index (χ1n) is 13.7. The molecule has 0 spiro atoms. The van der Waals surface area contributed by atoms with Crippen molar-refractivity contribution in [3.05, 3.63) is 98.8 Å². The van der Waals surface area contributed by atoms with Gasteiger partial charge < -0.3 is 14.4 Å². The quantitative estimate of drug-likeness (QED) is 0.316. The second kappa shape index (κ2) is 9.74. The number of carbonyl (C=O) groups is 1. The van der Waals surface area contributed by atoms with Crippen LogP contribution in [0.2, 0.25) is 0 Å². The maximum atomic E-state index is 13.5. The number of esters is 1. The second-order valence-electron chi connectivity index (χ2n) is 10.9. The Morgan fingerprint density at radius 2 is 1.90 bits per heavy atom. The summed E-state index contributed by atoms with van der Waals surface area (Å²) in [5, 5.41) is 12.2. The Morgan fingerprint density at radius 3 is 2.64 bits per heavy atom. The molecule has 0 fully saturated rings. The van der Waals surface area contributed by atoms with Gasteiger partial charge in [0, 0.05) is 35.6 Å². The zero-order chi connectivity index (χ0) is 27.3. The normalized spacial score (nSPS) is 17.8. The summed E-state index contributed by atoms with van der Waals surface area (Å²) >= 11 is 0. The van der Waals surface area contributed by atoms with E-state index < -0.39 is 11.6 Å². The van der Waals surface area contributed by atoms with E-state index in [0.717, 1.165) is 47.2 Å². The lowest BCUT2D eigenvalue weighted by Gasteiger charge is -2.31. The number of hydrogen-bond donors (Lipinski definition) is 1. The number of hydrogen-bond acceptors (Lipinski definition) is 6. The lowest BCUT2D eigenvalue weighted by atomic mass is 9.86. The third-order valence-corrected chi connectivity index (χ3v) is 8.25. The van der Waals surface area contributed by atoms with Crippen molar-refractivity contribution in [3.63, 3.8) is 0 Å². The Morgan fingerprint density at radius 1 is 1.10 bits per heavy atom. The van der Waals surface area contributed by atoms with E-state index in [4.69, 9.17) is 9.72 Å². The van der Waals surface area contributed by atoms with Crippen molar-refractivity contribution < 1.29 is 14.6 Å². The van der Waals surface area contributed by atoms with E-state index in [1.165, 1.54) is 5.56 Å². The van der Waals surface area contributed by atoms with Crippen molar-refractivity contribution >= 4 is 16.9 Å². The minimum absolute atomic E-state index is 0.124. The van der Waals surface area contributed by atoms with Gasteiger partial charge in [-0.15, -0.1) is 0 Å². The lowest BCUT2D eigenvalue weighted by molar-refractivity contribution is -0.172. The van der Waals surface area contributed by atoms with Gasteiger partial charge in [0.05, 0.1) is 29.0 Å². The van der Waals surface area contributed by atoms with Crippen molar-refractivity contribution in [2.75, 3.05) is 6.54 Å². The van der Waals surface area contributed by atoms with Gasteiger partial charge in [0.1, 0.15) is 6.61 Å². The van der Waals surface area contributed by atoms with E-state index in [0.29, 0.717) is 29.4 Å². The van der Waals surface area contributed by atoms with E-state index in [2.05, 4.69) is 67.3 Å². The largest absolute Gasteiger partial charge is 0.458 e. The zero-order valence-electron chi connectivity index (χ0n) is 22.6. The lowest BCUT2D eigenvalue weighted by Crippen LogP contribution is -2.44. The number of carbonyl (C=O) groups excluding carboxylic acids is 1. The average molecular weight is 524 g/mol. The predicted octanol–water partition coefficient (Wildman–Crippen LogP) is 4.53. The summed E-state index contributed by atoms with van der Waals surface area (Å²) in [5.74, 6) is -0.709. The summed E-state index contributed by atoms with van der Waals surface area (Å²) in [7, 11) is 0. The third-order valence-electron chi connectivity index (χ3n) is 8.25. The average Bonchev–Trinajstić information content (AvgIpc) is 3.30. The van der Waals surface area contributed by atoms with Gasteiger partial charge in [0.2, 0.25) is 0 Å². The second-order valence-corrected chi connectivity index (χ2v) is 10.9. The van der Waals surface area contributed by atoms with Crippen LogP contribution in [0.15, 0.2) is 65.5 Å². The number of pyridine rings is 2. The van der Waals surface area contributed by atoms with E-state index in [1.54, 1.807) is 17.6 Å². The van der Waals surface area contributed by atoms with Crippen LogP contribution in [0.4, 0.5) is 0 Å². The van der Waals surface area contributed by atoms with Crippen molar-refractivity contribution in [1.82, 2.24) is 14.5 Å². The minimum atomic E-state index is -1.83. The molecular weight excluding hydrogens is 490 g/mol. The zero-order valence-corrected chi connectivity index (χ0v) is 22.6. The van der Waals surface area contributed by atoms with Gasteiger partial charge in [0.25, 0.3) is 5.56 Å². The van der Waals surface area contributed by atoms with Crippen molar-refractivity contribution in [2.24, 2.45) is 0 Å². The molecule has 2 aliphatic heterocycles. The van der Waals surface area contributed by atoms with Crippen LogP contribution in [0, 0.1) is 0 Å². The van der Waals surface area contributed by atoms with Crippen LogP contribution >= 0.6 is 0 Å². The first-order valence-corrected chi connectivity index (χ1v) is 13.7. The topological polar surface area (TPSA) is 84.7 Å². The van der Waals surface area contributed by atoms with Crippen LogP contribution in [-0.4, -0.2) is 38.1 Å². The summed E-state index contributed by atoms with van der Waals surface area (Å²) in [4.78, 5) is 33.5. The van der Waals surface area contributed by atoms with Gasteiger partial charge in [-0.2, -0.15) is 0 Å². The van der Waals surface area contributed by atoms with Crippen LogP contribution in [0.25, 0.3) is 22.3 Å². The van der Waals surface area contributed by atoms with Gasteiger partial charge in [-0.25, -0.2) is 9.78 Å². The number of nitrogens with zero attached hydrogens (tertiary/aromatic N) is 3. The monoisotopic (exact) mass is 523 g/mol. The van der Waals surface area contributed by atoms with Crippen LogP contribution in [0.1, 0.15) is 55.0 Å². The fraction of sp³-hybridized carbons (Fsp3) is 0.344. The molecule has 0 aliphatic carbocycles. The van der Waals surface area contributed by atoms with Crippen LogP contribution < -0.4 is 5.56 Å². The molecule has 4 aromatic rings. The van der Waals surface area contributed by atoms with E-state index in [9.17, 15) is 14.7 Å². The highest BCUT2D eigenvalue weighted by molar-refractivity contribution is 5.87. The molecule has 39 heavy (non-hydrogen) atoms. The standard InChI is InChI=1S/C32H33N3O4/c1-4-32(38)26-16-27-29-24(18-35(27)30(36)25(26)19-39-31(32)37)15-23-12-8-11-22(28(23)33-29)13-14-34(20(2)3)17-21-9-6-5-7-10-21/h5-12,15-16,20,38H,4,13-14,17-19H2,1-3H3/t32-/m0/s1. The Hall–Kier alpha value is -3.81. The maximum absolute atomic E-state index is 13.5. The highest BCUT2D eigenvalue weighted by Crippen LogP contribution is 2.39. The minimum Gasteiger partial charge on any atom is -0.458 e. The number of cyclic esters (lactones) is 1. The van der Waals surface area contributed by atoms with Crippen LogP contribution in [0.3, 0.4) is 0 Å². The number of benzene rings is 2.